The number of carbonyl (C=O) groups excluding carboxylic acids is 1. The number of benzene rings is 1. The first-order valence-corrected chi connectivity index (χ1v) is 17.9. The van der Waals surface area contributed by atoms with E-state index in [-0.39, 0.29) is 16.6 Å². The molecule has 0 aliphatic carbocycles. The topological polar surface area (TPSA) is 108 Å². The minimum atomic E-state index is -1.79. The van der Waals surface area contributed by atoms with Crippen molar-refractivity contribution in [2.24, 2.45) is 5.92 Å². The zero-order valence-corrected chi connectivity index (χ0v) is 27.4. The number of pyridine rings is 1. The van der Waals surface area contributed by atoms with E-state index in [0.29, 0.717) is 25.0 Å². The van der Waals surface area contributed by atoms with Crippen LogP contribution in [-0.2, 0) is 15.7 Å². The first-order chi connectivity index (χ1) is 20.4. The molecule has 0 radical (unpaired) electrons. The maximum absolute atomic E-state index is 13.4. The Morgan fingerprint density at radius 2 is 1.95 bits per heavy atom. The van der Waals surface area contributed by atoms with Gasteiger partial charge in [-0.3, -0.25) is 14.5 Å². The average molecular weight is 605 g/mol. The van der Waals surface area contributed by atoms with Gasteiger partial charge in [0.2, 0.25) is 5.89 Å². The lowest BCUT2D eigenvalue weighted by Gasteiger charge is -2.39. The van der Waals surface area contributed by atoms with Gasteiger partial charge in [-0.05, 0) is 68.1 Å². The lowest BCUT2D eigenvalue weighted by molar-refractivity contribution is 0.102. The van der Waals surface area contributed by atoms with Crippen molar-refractivity contribution >= 4 is 36.5 Å². The van der Waals surface area contributed by atoms with Crippen molar-refractivity contribution < 1.29 is 18.4 Å². The molecular formula is C32H44N6O4Si. The maximum Gasteiger partial charge on any atom is 0.277 e. The highest BCUT2D eigenvalue weighted by atomic mass is 28.4. The Bertz CT molecular complexity index is 1570. The normalized spacial score (nSPS) is 14.9. The minimum absolute atomic E-state index is 0.198. The van der Waals surface area contributed by atoms with Gasteiger partial charge in [-0.2, -0.15) is 5.10 Å². The zero-order valence-electron chi connectivity index (χ0n) is 26.4. The quantitative estimate of drug-likeness (QED) is 0.204. The standard InChI is InChI=1S/C32H44N6O4Si/c1-22-16-24(8-11-33-22)31-36-27(21-41-31)30(39)35-26-17-25-19-34-38(14-15-40-5)28(25)18-29(26)37-12-9-23(10-13-37)20-42-43(6,7)32(2,3)4/h8,11,16-19,21,23H,9-10,12-15,20H2,1-7H3,(H,35,39). The number of carbonyl (C=O) groups is 1. The first-order valence-electron chi connectivity index (χ1n) is 15.0. The Kier molecular flexibility index (Phi) is 9.05. The molecule has 1 aromatic carbocycles. The molecule has 11 heteroatoms. The predicted octanol–water partition coefficient (Wildman–Crippen LogP) is 6.53. The van der Waals surface area contributed by atoms with Crippen molar-refractivity contribution in [2.75, 3.05) is 43.6 Å². The number of piperidine rings is 1. The number of nitrogens with one attached hydrogen (secondary N) is 1. The van der Waals surface area contributed by atoms with E-state index in [2.05, 4.69) is 65.2 Å². The summed E-state index contributed by atoms with van der Waals surface area (Å²) in [4.78, 5) is 24.5. The maximum atomic E-state index is 13.4. The van der Waals surface area contributed by atoms with E-state index < -0.39 is 8.32 Å². The molecule has 4 aromatic rings. The molecule has 230 valence electrons. The fourth-order valence-corrected chi connectivity index (χ4v) is 6.18. The Balaban J connectivity index is 1.36. The van der Waals surface area contributed by atoms with Gasteiger partial charge < -0.3 is 23.8 Å². The van der Waals surface area contributed by atoms with Crippen LogP contribution in [0.25, 0.3) is 22.4 Å². The Hall–Kier alpha value is -3.54. The summed E-state index contributed by atoms with van der Waals surface area (Å²) in [5.74, 6) is 0.572. The summed E-state index contributed by atoms with van der Waals surface area (Å²) in [6.07, 6.45) is 6.98. The number of rotatable bonds is 10. The summed E-state index contributed by atoms with van der Waals surface area (Å²) >= 11 is 0. The van der Waals surface area contributed by atoms with Crippen LogP contribution in [0.3, 0.4) is 0 Å². The lowest BCUT2D eigenvalue weighted by atomic mass is 9.97. The van der Waals surface area contributed by atoms with E-state index in [1.165, 1.54) is 6.26 Å². The number of aryl methyl sites for hydroxylation is 1. The third kappa shape index (κ3) is 7.00. The summed E-state index contributed by atoms with van der Waals surface area (Å²) in [6.45, 7) is 17.2. The van der Waals surface area contributed by atoms with Gasteiger partial charge in [0, 0.05) is 49.6 Å². The molecule has 1 N–H and O–H groups in total. The zero-order chi connectivity index (χ0) is 30.8. The Morgan fingerprint density at radius 3 is 2.65 bits per heavy atom. The highest BCUT2D eigenvalue weighted by molar-refractivity contribution is 6.74. The third-order valence-corrected chi connectivity index (χ3v) is 13.3. The van der Waals surface area contributed by atoms with Crippen LogP contribution in [-0.4, -0.2) is 67.4 Å². The van der Waals surface area contributed by atoms with E-state index in [0.717, 1.165) is 66.1 Å². The van der Waals surface area contributed by atoms with Gasteiger partial charge in [0.1, 0.15) is 6.26 Å². The number of aromatic nitrogens is 4. The largest absolute Gasteiger partial charge is 0.444 e. The fourth-order valence-electron chi connectivity index (χ4n) is 5.09. The molecule has 0 saturated carbocycles. The highest BCUT2D eigenvalue weighted by Crippen LogP contribution is 2.38. The molecule has 1 amide bonds. The molecule has 10 nitrogen and oxygen atoms in total. The number of fused-ring (bicyclic) bond motifs is 1. The molecule has 0 spiro atoms. The monoisotopic (exact) mass is 604 g/mol. The van der Waals surface area contributed by atoms with Crippen molar-refractivity contribution in [2.45, 2.75) is 65.2 Å². The van der Waals surface area contributed by atoms with Gasteiger partial charge in [0.25, 0.3) is 5.91 Å². The van der Waals surface area contributed by atoms with Gasteiger partial charge in [-0.25, -0.2) is 4.98 Å². The molecule has 43 heavy (non-hydrogen) atoms. The summed E-state index contributed by atoms with van der Waals surface area (Å²) < 4.78 is 19.5. The number of methoxy groups -OCH3 is 1. The van der Waals surface area contributed by atoms with Gasteiger partial charge in [-0.1, -0.05) is 20.8 Å². The molecule has 3 aromatic heterocycles. The second kappa shape index (κ2) is 12.6. The molecule has 1 aliphatic rings. The molecule has 1 saturated heterocycles. The number of hydrogen-bond donors (Lipinski definition) is 1. The van der Waals surface area contributed by atoms with Crippen LogP contribution >= 0.6 is 0 Å². The van der Waals surface area contributed by atoms with Crippen LogP contribution < -0.4 is 10.2 Å². The van der Waals surface area contributed by atoms with Gasteiger partial charge >= 0.3 is 0 Å². The molecular weight excluding hydrogens is 560 g/mol. The van der Waals surface area contributed by atoms with Crippen LogP contribution in [0.15, 0.2) is 47.3 Å². The molecule has 4 heterocycles. The minimum Gasteiger partial charge on any atom is -0.444 e. The van der Waals surface area contributed by atoms with Crippen LogP contribution in [0.4, 0.5) is 11.4 Å². The SMILES string of the molecule is COCCn1ncc2cc(NC(=O)c3coc(-c4ccnc(C)c4)n3)c(N3CCC(CO[Si](C)(C)C(C)(C)C)CC3)cc21. The van der Waals surface area contributed by atoms with Crippen molar-refractivity contribution in [3.63, 3.8) is 0 Å². The Morgan fingerprint density at radius 1 is 1.19 bits per heavy atom. The number of oxazole rings is 1. The van der Waals surface area contributed by atoms with E-state index >= 15 is 0 Å². The fraction of sp³-hybridized carbons (Fsp3) is 0.500. The van der Waals surface area contributed by atoms with Crippen molar-refractivity contribution in [1.29, 1.82) is 0 Å². The first kappa shape index (κ1) is 30.9. The molecule has 0 unspecified atom stereocenters. The number of amides is 1. The van der Waals surface area contributed by atoms with E-state index in [1.807, 2.05) is 36.0 Å². The lowest BCUT2D eigenvalue weighted by Crippen LogP contribution is -2.43. The van der Waals surface area contributed by atoms with E-state index in [1.54, 1.807) is 13.3 Å². The molecule has 0 bridgehead atoms. The summed E-state index contributed by atoms with van der Waals surface area (Å²) in [5.41, 5.74) is 4.54. The van der Waals surface area contributed by atoms with Crippen LogP contribution in [0.2, 0.25) is 18.1 Å². The predicted molar refractivity (Wildman–Crippen MR) is 172 cm³/mol. The van der Waals surface area contributed by atoms with Crippen molar-refractivity contribution in [3.8, 4) is 11.5 Å². The van der Waals surface area contributed by atoms with Crippen LogP contribution in [0.5, 0.6) is 0 Å². The van der Waals surface area contributed by atoms with Crippen LogP contribution in [0.1, 0.15) is 49.8 Å². The molecule has 1 aliphatic heterocycles. The molecule has 1 fully saturated rings. The number of nitrogens with zero attached hydrogens (tertiary/aromatic N) is 5. The van der Waals surface area contributed by atoms with Crippen molar-refractivity contribution in [1.82, 2.24) is 19.7 Å². The second-order valence-corrected chi connectivity index (χ2v) is 17.8. The van der Waals surface area contributed by atoms with Gasteiger partial charge in [0.15, 0.2) is 14.0 Å². The van der Waals surface area contributed by atoms with Gasteiger partial charge in [-0.15, -0.1) is 0 Å². The van der Waals surface area contributed by atoms with Crippen LogP contribution in [0, 0.1) is 12.8 Å². The smallest absolute Gasteiger partial charge is 0.277 e. The van der Waals surface area contributed by atoms with E-state index in [4.69, 9.17) is 13.6 Å². The number of ether oxygens (including phenoxy) is 1. The summed E-state index contributed by atoms with van der Waals surface area (Å²) in [5, 5.41) is 8.85. The molecule has 5 rings (SSSR count). The highest BCUT2D eigenvalue weighted by Gasteiger charge is 2.38. The average Bonchev–Trinajstić information content (AvgIpc) is 3.62. The summed E-state index contributed by atoms with van der Waals surface area (Å²) in [7, 11) is -0.101. The Labute approximate surface area is 254 Å². The van der Waals surface area contributed by atoms with E-state index in [9.17, 15) is 4.79 Å². The number of anilines is 2. The summed E-state index contributed by atoms with van der Waals surface area (Å²) in [6, 6.07) is 7.82. The molecule has 0 atom stereocenters. The van der Waals surface area contributed by atoms with Gasteiger partial charge in [0.05, 0.1) is 36.2 Å². The van der Waals surface area contributed by atoms with Crippen molar-refractivity contribution in [3.05, 3.63) is 54.3 Å². The number of hydrogen-bond acceptors (Lipinski definition) is 8. The second-order valence-electron chi connectivity index (χ2n) is 13.0. The third-order valence-electron chi connectivity index (χ3n) is 8.84.